The number of phenols is 1. The van der Waals surface area contributed by atoms with Crippen LogP contribution in [0.4, 0.5) is 5.69 Å². The fraction of sp³-hybridized carbons (Fsp3) is 0.158. The maximum absolute atomic E-state index is 11.8. The van der Waals surface area contributed by atoms with Gasteiger partial charge in [0.2, 0.25) is 10.0 Å². The van der Waals surface area contributed by atoms with E-state index in [0.29, 0.717) is 11.3 Å². The Hall–Kier alpha value is -3.33. The van der Waals surface area contributed by atoms with Crippen LogP contribution < -0.4 is 4.72 Å². The standard InChI is InChI=1S/C19H19N5O3S/c1-3-28(26,27)22-16-6-14(7-17(25)9-16)18-11-20-19-8-13(4-5-24(18)19)15-10-21-23(2)12-15/h4-12,22,25H,3H2,1-2H3. The second-order valence-corrected chi connectivity index (χ2v) is 8.47. The van der Waals surface area contributed by atoms with Gasteiger partial charge in [0.05, 0.1) is 29.5 Å². The lowest BCUT2D eigenvalue weighted by Gasteiger charge is -2.09. The Bertz CT molecular complexity index is 1270. The van der Waals surface area contributed by atoms with Gasteiger partial charge in [-0.2, -0.15) is 5.10 Å². The zero-order valence-corrected chi connectivity index (χ0v) is 16.2. The molecule has 3 heterocycles. The van der Waals surface area contributed by atoms with Gasteiger partial charge in [0, 0.05) is 36.6 Å². The average molecular weight is 397 g/mol. The Morgan fingerprint density at radius 2 is 1.93 bits per heavy atom. The van der Waals surface area contributed by atoms with Crippen molar-refractivity contribution in [3.8, 4) is 28.1 Å². The number of aromatic nitrogens is 4. The predicted octanol–water partition coefficient (Wildman–Crippen LogP) is 2.87. The van der Waals surface area contributed by atoms with Crippen LogP contribution in [0.5, 0.6) is 5.75 Å². The van der Waals surface area contributed by atoms with Gasteiger partial charge in [0.15, 0.2) is 0 Å². The monoisotopic (exact) mass is 397 g/mol. The zero-order chi connectivity index (χ0) is 19.9. The highest BCUT2D eigenvalue weighted by molar-refractivity contribution is 7.92. The molecule has 144 valence electrons. The van der Waals surface area contributed by atoms with Gasteiger partial charge in [-0.3, -0.25) is 13.8 Å². The van der Waals surface area contributed by atoms with Crippen LogP contribution in [0.2, 0.25) is 0 Å². The molecule has 2 N–H and O–H groups in total. The molecule has 28 heavy (non-hydrogen) atoms. The van der Waals surface area contributed by atoms with Gasteiger partial charge >= 0.3 is 0 Å². The number of nitrogens with zero attached hydrogens (tertiary/aromatic N) is 4. The van der Waals surface area contributed by atoms with Crippen molar-refractivity contribution in [2.75, 3.05) is 10.5 Å². The number of anilines is 1. The van der Waals surface area contributed by atoms with Crippen LogP contribution in [0.15, 0.2) is 55.1 Å². The van der Waals surface area contributed by atoms with Crippen molar-refractivity contribution < 1.29 is 13.5 Å². The van der Waals surface area contributed by atoms with Crippen molar-refractivity contribution >= 4 is 21.4 Å². The summed E-state index contributed by atoms with van der Waals surface area (Å²) in [5.74, 6) is -0.0849. The third kappa shape index (κ3) is 3.44. The molecule has 3 aromatic heterocycles. The SMILES string of the molecule is CCS(=O)(=O)Nc1cc(O)cc(-c2cnc3cc(-c4cnn(C)c4)ccn23)c1. The summed E-state index contributed by atoms with van der Waals surface area (Å²) in [7, 11) is -1.58. The number of nitrogens with one attached hydrogen (secondary N) is 1. The molecule has 4 aromatic rings. The summed E-state index contributed by atoms with van der Waals surface area (Å²) in [5.41, 5.74) is 4.40. The van der Waals surface area contributed by atoms with Crippen LogP contribution >= 0.6 is 0 Å². The average Bonchev–Trinajstić information content (AvgIpc) is 3.26. The van der Waals surface area contributed by atoms with Crippen LogP contribution in [-0.4, -0.2) is 38.4 Å². The first-order valence-corrected chi connectivity index (χ1v) is 10.3. The number of pyridine rings is 1. The number of aromatic hydroxyl groups is 1. The number of imidazole rings is 1. The maximum atomic E-state index is 11.8. The summed E-state index contributed by atoms with van der Waals surface area (Å²) < 4.78 is 29.8. The van der Waals surface area contributed by atoms with Crippen LogP contribution in [0.3, 0.4) is 0 Å². The van der Waals surface area contributed by atoms with E-state index in [1.54, 1.807) is 36.1 Å². The first kappa shape index (κ1) is 18.1. The smallest absolute Gasteiger partial charge is 0.232 e. The number of rotatable bonds is 5. The fourth-order valence-electron chi connectivity index (χ4n) is 3.01. The van der Waals surface area contributed by atoms with Gasteiger partial charge in [0.1, 0.15) is 11.4 Å². The van der Waals surface area contributed by atoms with Crippen LogP contribution in [0.25, 0.3) is 28.0 Å². The summed E-state index contributed by atoms with van der Waals surface area (Å²) in [5, 5.41) is 14.2. The second kappa shape index (κ2) is 6.68. The van der Waals surface area contributed by atoms with Crippen molar-refractivity contribution in [1.29, 1.82) is 0 Å². The van der Waals surface area contributed by atoms with Crippen molar-refractivity contribution in [2.24, 2.45) is 7.05 Å². The summed E-state index contributed by atoms with van der Waals surface area (Å²) in [6, 6.07) is 8.52. The minimum absolute atomic E-state index is 0.0340. The molecule has 9 heteroatoms. The predicted molar refractivity (Wildman–Crippen MR) is 108 cm³/mol. The molecule has 8 nitrogen and oxygen atoms in total. The molecule has 0 aliphatic heterocycles. The van der Waals surface area contributed by atoms with E-state index >= 15 is 0 Å². The number of hydrogen-bond acceptors (Lipinski definition) is 5. The molecule has 0 saturated heterocycles. The molecular weight excluding hydrogens is 378 g/mol. The first-order valence-electron chi connectivity index (χ1n) is 8.66. The highest BCUT2D eigenvalue weighted by atomic mass is 32.2. The molecular formula is C19H19N5O3S. The van der Waals surface area contributed by atoms with Crippen molar-refractivity contribution in [3.05, 3.63) is 55.1 Å². The number of phenolic OH excluding ortho intramolecular Hbond substituents is 1. The lowest BCUT2D eigenvalue weighted by Crippen LogP contribution is -2.14. The molecule has 1 aromatic carbocycles. The molecule has 0 unspecified atom stereocenters. The van der Waals surface area contributed by atoms with Crippen molar-refractivity contribution in [3.63, 3.8) is 0 Å². The summed E-state index contributed by atoms with van der Waals surface area (Å²) in [6.45, 7) is 1.55. The molecule has 0 aliphatic carbocycles. The highest BCUT2D eigenvalue weighted by Crippen LogP contribution is 2.30. The number of sulfonamides is 1. The van der Waals surface area contributed by atoms with E-state index in [9.17, 15) is 13.5 Å². The van der Waals surface area contributed by atoms with E-state index in [1.807, 2.05) is 36.0 Å². The van der Waals surface area contributed by atoms with Crippen molar-refractivity contribution in [1.82, 2.24) is 19.2 Å². The van der Waals surface area contributed by atoms with E-state index in [1.165, 1.54) is 6.07 Å². The molecule has 0 fully saturated rings. The van der Waals surface area contributed by atoms with Gasteiger partial charge < -0.3 is 5.11 Å². The van der Waals surface area contributed by atoms with E-state index in [-0.39, 0.29) is 11.5 Å². The normalized spacial score (nSPS) is 11.8. The molecule has 0 aliphatic rings. The summed E-state index contributed by atoms with van der Waals surface area (Å²) in [4.78, 5) is 4.45. The lowest BCUT2D eigenvalue weighted by atomic mass is 10.1. The quantitative estimate of drug-likeness (QED) is 0.539. The first-order chi connectivity index (χ1) is 13.3. The molecule has 0 radical (unpaired) electrons. The Balaban J connectivity index is 1.76. The Labute approximate surface area is 162 Å². The van der Waals surface area contributed by atoms with E-state index in [0.717, 1.165) is 22.5 Å². The lowest BCUT2D eigenvalue weighted by molar-refractivity contribution is 0.476. The van der Waals surface area contributed by atoms with Crippen molar-refractivity contribution in [2.45, 2.75) is 6.92 Å². The largest absolute Gasteiger partial charge is 0.508 e. The van der Waals surface area contributed by atoms with Gasteiger partial charge in [-0.05, 0) is 36.8 Å². The van der Waals surface area contributed by atoms with E-state index < -0.39 is 10.0 Å². The number of benzene rings is 1. The maximum Gasteiger partial charge on any atom is 0.232 e. The van der Waals surface area contributed by atoms with Gasteiger partial charge in [-0.1, -0.05) is 0 Å². The molecule has 0 bridgehead atoms. The Morgan fingerprint density at radius 1 is 1.11 bits per heavy atom. The number of aryl methyl sites for hydroxylation is 1. The fourth-order valence-corrected chi connectivity index (χ4v) is 3.64. The zero-order valence-electron chi connectivity index (χ0n) is 15.4. The van der Waals surface area contributed by atoms with E-state index in [4.69, 9.17) is 0 Å². The van der Waals surface area contributed by atoms with E-state index in [2.05, 4.69) is 14.8 Å². The van der Waals surface area contributed by atoms with Gasteiger partial charge in [-0.15, -0.1) is 0 Å². The molecule has 0 amide bonds. The molecule has 0 spiro atoms. The Kier molecular flexibility index (Phi) is 4.31. The second-order valence-electron chi connectivity index (χ2n) is 6.46. The Morgan fingerprint density at radius 3 is 2.64 bits per heavy atom. The molecule has 0 saturated carbocycles. The third-order valence-electron chi connectivity index (χ3n) is 4.42. The minimum Gasteiger partial charge on any atom is -0.508 e. The third-order valence-corrected chi connectivity index (χ3v) is 5.73. The molecule has 4 rings (SSSR count). The minimum atomic E-state index is -3.44. The highest BCUT2D eigenvalue weighted by Gasteiger charge is 2.13. The van der Waals surface area contributed by atoms with Crippen LogP contribution in [-0.2, 0) is 17.1 Å². The summed E-state index contributed by atoms with van der Waals surface area (Å²) in [6.07, 6.45) is 7.29. The number of hydrogen-bond donors (Lipinski definition) is 2. The molecule has 0 atom stereocenters. The summed E-state index contributed by atoms with van der Waals surface area (Å²) >= 11 is 0. The van der Waals surface area contributed by atoms with Gasteiger partial charge in [0.25, 0.3) is 0 Å². The van der Waals surface area contributed by atoms with Crippen LogP contribution in [0, 0.1) is 0 Å². The topological polar surface area (TPSA) is 102 Å². The van der Waals surface area contributed by atoms with Gasteiger partial charge in [-0.25, -0.2) is 13.4 Å². The number of fused-ring (bicyclic) bond motifs is 1. The van der Waals surface area contributed by atoms with Crippen LogP contribution in [0.1, 0.15) is 6.92 Å².